The lowest BCUT2D eigenvalue weighted by Crippen LogP contribution is -2.04. The number of hydrogen-bond acceptors (Lipinski definition) is 3. The molecule has 0 N–H and O–H groups in total. The molecule has 1 aromatic heterocycles. The summed E-state index contributed by atoms with van der Waals surface area (Å²) in [4.78, 5) is 4.25. The monoisotopic (exact) mass is 272 g/mol. The van der Waals surface area contributed by atoms with Crippen molar-refractivity contribution in [3.63, 3.8) is 0 Å². The van der Waals surface area contributed by atoms with E-state index in [1.807, 2.05) is 0 Å². The highest BCUT2D eigenvalue weighted by Crippen LogP contribution is 2.25. The first-order valence-corrected chi connectivity index (χ1v) is 6.70. The van der Waals surface area contributed by atoms with Crippen LogP contribution in [0.15, 0.2) is 24.3 Å². The van der Waals surface area contributed by atoms with E-state index in [0.717, 1.165) is 10.3 Å². The summed E-state index contributed by atoms with van der Waals surface area (Å²) in [6, 6.07) is 6.95. The van der Waals surface area contributed by atoms with Crippen molar-refractivity contribution in [2.45, 2.75) is 12.3 Å². The van der Waals surface area contributed by atoms with E-state index >= 15 is 0 Å². The Morgan fingerprint density at radius 1 is 1.39 bits per heavy atom. The van der Waals surface area contributed by atoms with Gasteiger partial charge < -0.3 is 4.74 Å². The SMILES string of the molecule is COCCSCc1nc2ccccc2n1C(F)F. The first-order chi connectivity index (χ1) is 8.74. The minimum Gasteiger partial charge on any atom is -0.384 e. The average molecular weight is 272 g/mol. The van der Waals surface area contributed by atoms with E-state index in [0.29, 0.717) is 29.2 Å². The van der Waals surface area contributed by atoms with Crippen LogP contribution in [0.2, 0.25) is 0 Å². The molecule has 3 nitrogen and oxygen atoms in total. The van der Waals surface area contributed by atoms with Crippen LogP contribution in [0.25, 0.3) is 11.0 Å². The van der Waals surface area contributed by atoms with Gasteiger partial charge in [-0.1, -0.05) is 12.1 Å². The van der Waals surface area contributed by atoms with Gasteiger partial charge in [-0.3, -0.25) is 4.57 Å². The molecule has 0 unspecified atom stereocenters. The molecule has 0 amide bonds. The minimum atomic E-state index is -2.56. The molecule has 0 saturated carbocycles. The first kappa shape index (κ1) is 13.3. The molecule has 0 bridgehead atoms. The Morgan fingerprint density at radius 3 is 2.89 bits per heavy atom. The second-order valence-corrected chi connectivity index (χ2v) is 4.81. The van der Waals surface area contributed by atoms with Crippen molar-refractivity contribution in [3.8, 4) is 0 Å². The van der Waals surface area contributed by atoms with Crippen LogP contribution in [0.1, 0.15) is 12.4 Å². The Kier molecular flexibility index (Phi) is 4.54. The van der Waals surface area contributed by atoms with E-state index in [1.165, 1.54) is 11.8 Å². The fourth-order valence-corrected chi connectivity index (χ4v) is 2.53. The largest absolute Gasteiger partial charge is 0.384 e. The fourth-order valence-electron chi connectivity index (χ4n) is 1.72. The zero-order chi connectivity index (χ0) is 13.0. The number of methoxy groups -OCH3 is 1. The highest BCUT2D eigenvalue weighted by Gasteiger charge is 2.16. The Bertz CT molecular complexity index is 516. The van der Waals surface area contributed by atoms with Crippen LogP contribution in [0.4, 0.5) is 8.78 Å². The van der Waals surface area contributed by atoms with E-state index in [2.05, 4.69) is 4.98 Å². The van der Waals surface area contributed by atoms with Gasteiger partial charge in [0.25, 0.3) is 0 Å². The lowest BCUT2D eigenvalue weighted by Gasteiger charge is -2.07. The lowest BCUT2D eigenvalue weighted by molar-refractivity contribution is 0.0722. The third kappa shape index (κ3) is 2.81. The van der Waals surface area contributed by atoms with E-state index in [-0.39, 0.29) is 0 Å². The third-order valence-electron chi connectivity index (χ3n) is 2.53. The van der Waals surface area contributed by atoms with Crippen LogP contribution >= 0.6 is 11.8 Å². The topological polar surface area (TPSA) is 27.1 Å². The zero-order valence-electron chi connectivity index (χ0n) is 9.97. The van der Waals surface area contributed by atoms with Gasteiger partial charge in [0.1, 0.15) is 5.82 Å². The van der Waals surface area contributed by atoms with E-state index in [9.17, 15) is 8.78 Å². The predicted molar refractivity (Wildman–Crippen MR) is 69.0 cm³/mol. The third-order valence-corrected chi connectivity index (χ3v) is 3.44. The Morgan fingerprint density at radius 2 is 2.17 bits per heavy atom. The second-order valence-electron chi connectivity index (χ2n) is 3.71. The molecule has 98 valence electrons. The molecule has 1 aromatic carbocycles. The fraction of sp³-hybridized carbons (Fsp3) is 0.417. The molecule has 0 atom stereocenters. The van der Waals surface area contributed by atoms with Crippen LogP contribution in [-0.4, -0.2) is 29.0 Å². The van der Waals surface area contributed by atoms with Crippen molar-refractivity contribution in [2.75, 3.05) is 19.5 Å². The molecule has 0 fully saturated rings. The van der Waals surface area contributed by atoms with Gasteiger partial charge in [-0.2, -0.15) is 20.5 Å². The number of fused-ring (bicyclic) bond motifs is 1. The highest BCUT2D eigenvalue weighted by molar-refractivity contribution is 7.98. The quantitative estimate of drug-likeness (QED) is 0.755. The smallest absolute Gasteiger partial charge is 0.320 e. The van der Waals surface area contributed by atoms with Crippen LogP contribution in [0.3, 0.4) is 0 Å². The molecule has 6 heteroatoms. The first-order valence-electron chi connectivity index (χ1n) is 5.54. The number of hydrogen-bond donors (Lipinski definition) is 0. The summed E-state index contributed by atoms with van der Waals surface area (Å²) in [5.74, 6) is 1.64. The van der Waals surface area contributed by atoms with Crippen molar-refractivity contribution in [1.29, 1.82) is 0 Å². The number of ether oxygens (including phenoxy) is 1. The van der Waals surface area contributed by atoms with Gasteiger partial charge in [0.2, 0.25) is 0 Å². The second kappa shape index (κ2) is 6.15. The molecular formula is C12H14F2N2OS. The molecule has 18 heavy (non-hydrogen) atoms. The van der Waals surface area contributed by atoms with Gasteiger partial charge in [0.05, 0.1) is 23.4 Å². The molecule has 2 aromatic rings. The summed E-state index contributed by atoms with van der Waals surface area (Å²) in [5, 5.41) is 0. The number of aromatic nitrogens is 2. The average Bonchev–Trinajstić information content (AvgIpc) is 2.73. The maximum atomic E-state index is 13.1. The van der Waals surface area contributed by atoms with Gasteiger partial charge in [0.15, 0.2) is 0 Å². The molecule has 1 heterocycles. The molecule has 0 aliphatic heterocycles. The van der Waals surface area contributed by atoms with Crippen molar-refractivity contribution in [1.82, 2.24) is 9.55 Å². The Balaban J connectivity index is 2.23. The standard InChI is InChI=1S/C12H14F2N2OS/c1-17-6-7-18-8-11-15-9-4-2-3-5-10(9)16(11)12(13)14/h2-5,12H,6-8H2,1H3. The summed E-state index contributed by atoms with van der Waals surface area (Å²) in [6.07, 6.45) is 0. The molecule has 0 aliphatic carbocycles. The van der Waals surface area contributed by atoms with Gasteiger partial charge in [-0.25, -0.2) is 4.98 Å². The summed E-state index contributed by atoms with van der Waals surface area (Å²) in [5.41, 5.74) is 1.09. The summed E-state index contributed by atoms with van der Waals surface area (Å²) in [6.45, 7) is -1.95. The van der Waals surface area contributed by atoms with Crippen LogP contribution < -0.4 is 0 Å². The number of rotatable bonds is 6. The number of para-hydroxylation sites is 2. The van der Waals surface area contributed by atoms with Gasteiger partial charge >= 0.3 is 6.55 Å². The van der Waals surface area contributed by atoms with Gasteiger partial charge in [-0.05, 0) is 12.1 Å². The number of benzene rings is 1. The van der Waals surface area contributed by atoms with E-state index in [4.69, 9.17) is 4.74 Å². The number of halogens is 2. The van der Waals surface area contributed by atoms with Gasteiger partial charge in [-0.15, -0.1) is 0 Å². The highest BCUT2D eigenvalue weighted by atomic mass is 32.2. The Hall–Kier alpha value is -1.14. The van der Waals surface area contributed by atoms with Gasteiger partial charge in [0, 0.05) is 12.9 Å². The number of alkyl halides is 2. The number of thioether (sulfide) groups is 1. The molecule has 0 aliphatic rings. The number of nitrogens with zero attached hydrogens (tertiary/aromatic N) is 2. The summed E-state index contributed by atoms with van der Waals surface area (Å²) >= 11 is 1.54. The molecular weight excluding hydrogens is 258 g/mol. The van der Waals surface area contributed by atoms with E-state index < -0.39 is 6.55 Å². The van der Waals surface area contributed by atoms with Crippen LogP contribution in [0.5, 0.6) is 0 Å². The maximum absolute atomic E-state index is 13.1. The van der Waals surface area contributed by atoms with Crippen LogP contribution in [-0.2, 0) is 10.5 Å². The van der Waals surface area contributed by atoms with Crippen molar-refractivity contribution in [2.24, 2.45) is 0 Å². The molecule has 0 spiro atoms. The Labute approximate surface area is 108 Å². The minimum absolute atomic E-state index is 0.410. The summed E-state index contributed by atoms with van der Waals surface area (Å²) < 4.78 is 32.0. The van der Waals surface area contributed by atoms with E-state index in [1.54, 1.807) is 31.4 Å². The van der Waals surface area contributed by atoms with Crippen LogP contribution in [0, 0.1) is 0 Å². The zero-order valence-corrected chi connectivity index (χ0v) is 10.8. The molecule has 2 rings (SSSR count). The summed E-state index contributed by atoms with van der Waals surface area (Å²) in [7, 11) is 1.62. The van der Waals surface area contributed by atoms with Crippen molar-refractivity contribution < 1.29 is 13.5 Å². The van der Waals surface area contributed by atoms with Crippen molar-refractivity contribution in [3.05, 3.63) is 30.1 Å². The number of imidazole rings is 1. The normalized spacial score (nSPS) is 11.6. The molecule has 0 saturated heterocycles. The lowest BCUT2D eigenvalue weighted by atomic mass is 10.3. The van der Waals surface area contributed by atoms with Crippen molar-refractivity contribution >= 4 is 22.8 Å². The maximum Gasteiger partial charge on any atom is 0.320 e. The predicted octanol–water partition coefficient (Wildman–Crippen LogP) is 3.31. The molecule has 0 radical (unpaired) electrons.